The minimum Gasteiger partial charge on any atom is -0.353 e. The lowest BCUT2D eigenvalue weighted by atomic mass is 9.96. The zero-order valence-corrected chi connectivity index (χ0v) is 14.8. The second-order valence-corrected chi connectivity index (χ2v) is 6.65. The summed E-state index contributed by atoms with van der Waals surface area (Å²) < 4.78 is 4.99. The molecule has 1 fully saturated rings. The van der Waals surface area contributed by atoms with Crippen LogP contribution in [0, 0.1) is 12.8 Å². The van der Waals surface area contributed by atoms with E-state index in [1.54, 1.807) is 13.0 Å². The average molecular weight is 336 g/mol. The summed E-state index contributed by atoms with van der Waals surface area (Å²) in [4.78, 5) is 26.5. The van der Waals surface area contributed by atoms with E-state index in [4.69, 9.17) is 4.52 Å². The van der Waals surface area contributed by atoms with Crippen LogP contribution in [-0.2, 0) is 9.59 Å². The van der Waals surface area contributed by atoms with Crippen molar-refractivity contribution in [1.29, 1.82) is 0 Å². The lowest BCUT2D eigenvalue weighted by Gasteiger charge is -2.32. The molecular weight excluding hydrogens is 308 g/mol. The molecule has 2 amide bonds. The monoisotopic (exact) mass is 336 g/mol. The summed E-state index contributed by atoms with van der Waals surface area (Å²) in [7, 11) is 0. The normalized spacial score (nSPS) is 19.7. The summed E-state index contributed by atoms with van der Waals surface area (Å²) in [6.07, 6.45) is 3.85. The van der Waals surface area contributed by atoms with E-state index in [2.05, 4.69) is 22.7 Å². The SMILES string of the molecule is CCC[C@H](C)NC(=O)[C@H]1CCCN(CC(=O)Nc2cc(C)no2)C1. The van der Waals surface area contributed by atoms with Crippen LogP contribution in [-0.4, -0.2) is 47.5 Å². The zero-order valence-electron chi connectivity index (χ0n) is 14.8. The van der Waals surface area contributed by atoms with Gasteiger partial charge in [0, 0.05) is 18.7 Å². The predicted molar refractivity (Wildman–Crippen MR) is 91.5 cm³/mol. The molecule has 1 aliphatic heterocycles. The highest BCUT2D eigenvalue weighted by molar-refractivity contribution is 5.91. The van der Waals surface area contributed by atoms with Crippen molar-refractivity contribution in [2.75, 3.05) is 25.0 Å². The summed E-state index contributed by atoms with van der Waals surface area (Å²) in [5, 5.41) is 9.51. The molecule has 1 saturated heterocycles. The number of amides is 2. The molecule has 1 aliphatic rings. The van der Waals surface area contributed by atoms with Crippen molar-refractivity contribution in [1.82, 2.24) is 15.4 Å². The Morgan fingerprint density at radius 2 is 2.29 bits per heavy atom. The van der Waals surface area contributed by atoms with Gasteiger partial charge in [0.1, 0.15) is 0 Å². The fourth-order valence-electron chi connectivity index (χ4n) is 3.08. The van der Waals surface area contributed by atoms with Crippen molar-refractivity contribution in [3.8, 4) is 0 Å². The number of rotatable bonds is 7. The number of anilines is 1. The molecule has 0 unspecified atom stereocenters. The van der Waals surface area contributed by atoms with Crippen molar-refractivity contribution in [3.63, 3.8) is 0 Å². The van der Waals surface area contributed by atoms with Crippen LogP contribution in [0.15, 0.2) is 10.6 Å². The lowest BCUT2D eigenvalue weighted by Crippen LogP contribution is -2.47. The molecule has 7 nitrogen and oxygen atoms in total. The lowest BCUT2D eigenvalue weighted by molar-refractivity contribution is -0.128. The maximum Gasteiger partial charge on any atom is 0.240 e. The van der Waals surface area contributed by atoms with Gasteiger partial charge >= 0.3 is 0 Å². The van der Waals surface area contributed by atoms with Gasteiger partial charge in [-0.05, 0) is 39.7 Å². The minimum atomic E-state index is -0.147. The summed E-state index contributed by atoms with van der Waals surface area (Å²) >= 11 is 0. The molecule has 0 radical (unpaired) electrons. The number of carbonyl (C=O) groups excluding carboxylic acids is 2. The van der Waals surface area contributed by atoms with Crippen LogP contribution in [0.4, 0.5) is 5.88 Å². The number of aromatic nitrogens is 1. The van der Waals surface area contributed by atoms with Crippen LogP contribution in [0.25, 0.3) is 0 Å². The van der Waals surface area contributed by atoms with E-state index in [1.165, 1.54) is 0 Å². The van der Waals surface area contributed by atoms with Gasteiger partial charge in [-0.15, -0.1) is 0 Å². The number of nitrogens with one attached hydrogen (secondary N) is 2. The number of aryl methyl sites for hydroxylation is 1. The Balaban J connectivity index is 1.79. The van der Waals surface area contributed by atoms with Gasteiger partial charge in [0.2, 0.25) is 17.7 Å². The van der Waals surface area contributed by atoms with E-state index in [0.717, 1.165) is 37.9 Å². The van der Waals surface area contributed by atoms with Crippen LogP contribution in [0.3, 0.4) is 0 Å². The maximum atomic E-state index is 12.3. The van der Waals surface area contributed by atoms with Crippen molar-refractivity contribution in [2.24, 2.45) is 5.92 Å². The quantitative estimate of drug-likeness (QED) is 0.794. The fraction of sp³-hybridized carbons (Fsp3) is 0.706. The van der Waals surface area contributed by atoms with Gasteiger partial charge in [0.25, 0.3) is 0 Å². The first-order chi connectivity index (χ1) is 11.5. The Morgan fingerprint density at radius 3 is 2.96 bits per heavy atom. The summed E-state index contributed by atoms with van der Waals surface area (Å²) in [5.41, 5.74) is 0.723. The molecular formula is C17H28N4O3. The number of piperidine rings is 1. The van der Waals surface area contributed by atoms with E-state index >= 15 is 0 Å². The number of hydrogen-bond donors (Lipinski definition) is 2. The largest absolute Gasteiger partial charge is 0.353 e. The van der Waals surface area contributed by atoms with Crippen molar-refractivity contribution in [2.45, 2.75) is 52.5 Å². The van der Waals surface area contributed by atoms with Crippen molar-refractivity contribution < 1.29 is 14.1 Å². The highest BCUT2D eigenvalue weighted by atomic mass is 16.5. The molecule has 2 rings (SSSR count). The Morgan fingerprint density at radius 1 is 1.50 bits per heavy atom. The first-order valence-electron chi connectivity index (χ1n) is 8.73. The smallest absolute Gasteiger partial charge is 0.240 e. The Labute approximate surface area is 143 Å². The third kappa shape index (κ3) is 5.63. The highest BCUT2D eigenvalue weighted by Crippen LogP contribution is 2.17. The zero-order chi connectivity index (χ0) is 17.5. The molecule has 2 atom stereocenters. The van der Waals surface area contributed by atoms with Crippen LogP contribution in [0.2, 0.25) is 0 Å². The minimum absolute atomic E-state index is 0.0432. The van der Waals surface area contributed by atoms with E-state index in [9.17, 15) is 9.59 Å². The molecule has 7 heteroatoms. The van der Waals surface area contributed by atoms with Gasteiger partial charge in [-0.2, -0.15) is 0 Å². The van der Waals surface area contributed by atoms with E-state index in [0.29, 0.717) is 12.4 Å². The van der Waals surface area contributed by atoms with Gasteiger partial charge in [-0.1, -0.05) is 18.5 Å². The molecule has 0 aliphatic carbocycles. The Kier molecular flexibility index (Phi) is 6.78. The van der Waals surface area contributed by atoms with Crippen LogP contribution in [0.5, 0.6) is 0 Å². The second kappa shape index (κ2) is 8.82. The molecule has 24 heavy (non-hydrogen) atoms. The molecule has 134 valence electrons. The predicted octanol–water partition coefficient (Wildman–Crippen LogP) is 1.94. The molecule has 1 aromatic rings. The Hall–Kier alpha value is -1.89. The standard InChI is InChI=1S/C17H28N4O3/c1-4-6-12(2)18-17(23)14-7-5-8-21(10-14)11-15(22)19-16-9-13(3)20-24-16/h9,12,14H,4-8,10-11H2,1-3H3,(H,18,23)(H,19,22)/t12-,14-/m0/s1. The topological polar surface area (TPSA) is 87.5 Å². The van der Waals surface area contributed by atoms with Crippen molar-refractivity contribution in [3.05, 3.63) is 11.8 Å². The molecule has 2 heterocycles. The van der Waals surface area contributed by atoms with E-state index < -0.39 is 0 Å². The second-order valence-electron chi connectivity index (χ2n) is 6.65. The van der Waals surface area contributed by atoms with Gasteiger partial charge in [0.15, 0.2) is 0 Å². The van der Waals surface area contributed by atoms with E-state index in [1.807, 2.05) is 11.8 Å². The first-order valence-corrected chi connectivity index (χ1v) is 8.73. The summed E-state index contributed by atoms with van der Waals surface area (Å²) in [6, 6.07) is 1.88. The molecule has 0 spiro atoms. The van der Waals surface area contributed by atoms with Crippen LogP contribution in [0.1, 0.15) is 45.2 Å². The number of nitrogens with zero attached hydrogens (tertiary/aromatic N) is 2. The summed E-state index contributed by atoms with van der Waals surface area (Å²) in [6.45, 7) is 7.65. The average Bonchev–Trinajstić information content (AvgIpc) is 2.92. The third-order valence-electron chi connectivity index (χ3n) is 4.24. The van der Waals surface area contributed by atoms with Crippen LogP contribution >= 0.6 is 0 Å². The molecule has 0 bridgehead atoms. The van der Waals surface area contributed by atoms with Gasteiger partial charge < -0.3 is 9.84 Å². The van der Waals surface area contributed by atoms with Gasteiger partial charge in [-0.25, -0.2) is 0 Å². The summed E-state index contributed by atoms with van der Waals surface area (Å²) in [5.74, 6) is 0.272. The molecule has 0 aromatic carbocycles. The van der Waals surface area contributed by atoms with Crippen molar-refractivity contribution >= 4 is 17.7 Å². The number of hydrogen-bond acceptors (Lipinski definition) is 5. The van der Waals surface area contributed by atoms with Crippen LogP contribution < -0.4 is 10.6 Å². The number of likely N-dealkylation sites (tertiary alicyclic amines) is 1. The first kappa shape index (κ1) is 18.4. The fourth-order valence-corrected chi connectivity index (χ4v) is 3.08. The maximum absolute atomic E-state index is 12.3. The van der Waals surface area contributed by atoms with Gasteiger partial charge in [-0.3, -0.25) is 19.8 Å². The molecule has 2 N–H and O–H groups in total. The third-order valence-corrected chi connectivity index (χ3v) is 4.24. The number of carbonyl (C=O) groups is 2. The Bertz CT molecular complexity index is 558. The van der Waals surface area contributed by atoms with Gasteiger partial charge in [0.05, 0.1) is 18.2 Å². The molecule has 0 saturated carbocycles. The van der Waals surface area contributed by atoms with E-state index in [-0.39, 0.29) is 30.3 Å². The molecule has 1 aromatic heterocycles. The highest BCUT2D eigenvalue weighted by Gasteiger charge is 2.27.